The number of aryl methyl sites for hydroxylation is 1. The molecular formula is C18H20N8. The Kier molecular flexibility index (Phi) is 4.63. The lowest BCUT2D eigenvalue weighted by molar-refractivity contribution is 0.494. The maximum atomic E-state index is 4.67. The summed E-state index contributed by atoms with van der Waals surface area (Å²) in [5.74, 6) is 3.06. The molecule has 1 saturated heterocycles. The summed E-state index contributed by atoms with van der Waals surface area (Å²) in [6, 6.07) is 5.61. The quantitative estimate of drug-likeness (QED) is 0.769. The number of rotatable bonds is 4. The standard InChI is InChI=1S/C18H20N8/c1-13-23-15(11-16(24-13)25-17-19-6-3-7-20-17)14-5-2-10-26(12-14)18-21-8-4-9-22-18/h3-4,6-9,11,14H,2,5,10,12H2,1H3,(H,19,20,23,24,25)/t14-/m0/s1. The number of hydrogen-bond acceptors (Lipinski definition) is 8. The molecule has 0 spiro atoms. The molecule has 26 heavy (non-hydrogen) atoms. The topological polar surface area (TPSA) is 92.6 Å². The number of nitrogens with zero attached hydrogens (tertiary/aromatic N) is 7. The average molecular weight is 348 g/mol. The molecule has 4 rings (SSSR count). The van der Waals surface area contributed by atoms with E-state index in [1.165, 1.54) is 0 Å². The van der Waals surface area contributed by atoms with Crippen molar-refractivity contribution in [2.24, 2.45) is 0 Å². The minimum Gasteiger partial charge on any atom is -0.340 e. The molecule has 0 unspecified atom stereocenters. The van der Waals surface area contributed by atoms with Gasteiger partial charge in [-0.05, 0) is 31.9 Å². The second kappa shape index (κ2) is 7.38. The molecule has 0 radical (unpaired) electrons. The molecule has 1 aliphatic heterocycles. The van der Waals surface area contributed by atoms with Gasteiger partial charge in [0.05, 0.1) is 5.69 Å². The molecular weight excluding hydrogens is 328 g/mol. The van der Waals surface area contributed by atoms with Crippen LogP contribution in [0.4, 0.5) is 17.7 Å². The third-order valence-electron chi connectivity index (χ3n) is 4.34. The first kappa shape index (κ1) is 16.3. The van der Waals surface area contributed by atoms with Crippen LogP contribution in [-0.4, -0.2) is 43.0 Å². The molecule has 1 aliphatic rings. The number of piperidine rings is 1. The molecule has 1 atom stereocenters. The monoisotopic (exact) mass is 348 g/mol. The Morgan fingerprint density at radius 3 is 2.50 bits per heavy atom. The van der Waals surface area contributed by atoms with Crippen LogP contribution in [-0.2, 0) is 0 Å². The van der Waals surface area contributed by atoms with E-state index in [9.17, 15) is 0 Å². The van der Waals surface area contributed by atoms with Gasteiger partial charge in [-0.1, -0.05) is 0 Å². The lowest BCUT2D eigenvalue weighted by atomic mass is 9.94. The van der Waals surface area contributed by atoms with Gasteiger partial charge in [-0.3, -0.25) is 0 Å². The molecule has 0 aromatic carbocycles. The zero-order valence-electron chi connectivity index (χ0n) is 14.6. The molecule has 1 N–H and O–H groups in total. The van der Waals surface area contributed by atoms with Crippen molar-refractivity contribution in [1.29, 1.82) is 0 Å². The second-order valence-electron chi connectivity index (χ2n) is 6.26. The predicted molar refractivity (Wildman–Crippen MR) is 98.3 cm³/mol. The summed E-state index contributed by atoms with van der Waals surface area (Å²) in [6.07, 6.45) is 9.12. The highest BCUT2D eigenvalue weighted by atomic mass is 15.3. The van der Waals surface area contributed by atoms with Gasteiger partial charge >= 0.3 is 0 Å². The number of nitrogens with one attached hydrogen (secondary N) is 1. The van der Waals surface area contributed by atoms with Crippen molar-refractivity contribution in [1.82, 2.24) is 29.9 Å². The van der Waals surface area contributed by atoms with Gasteiger partial charge in [-0.2, -0.15) is 0 Å². The van der Waals surface area contributed by atoms with E-state index in [2.05, 4.69) is 40.1 Å². The molecule has 0 bridgehead atoms. The van der Waals surface area contributed by atoms with Crippen LogP contribution >= 0.6 is 0 Å². The summed E-state index contributed by atoms with van der Waals surface area (Å²) >= 11 is 0. The lowest BCUT2D eigenvalue weighted by Crippen LogP contribution is -2.35. The van der Waals surface area contributed by atoms with E-state index in [0.717, 1.165) is 43.4 Å². The van der Waals surface area contributed by atoms with E-state index < -0.39 is 0 Å². The molecule has 8 nitrogen and oxygen atoms in total. The van der Waals surface area contributed by atoms with Crippen LogP contribution in [0.2, 0.25) is 0 Å². The summed E-state index contributed by atoms with van der Waals surface area (Å²) in [4.78, 5) is 28.5. The smallest absolute Gasteiger partial charge is 0.228 e. The normalized spacial score (nSPS) is 17.1. The molecule has 1 fully saturated rings. The fraction of sp³-hybridized carbons (Fsp3) is 0.333. The number of hydrogen-bond donors (Lipinski definition) is 1. The molecule has 8 heteroatoms. The minimum absolute atomic E-state index is 0.312. The van der Waals surface area contributed by atoms with Crippen molar-refractivity contribution >= 4 is 17.7 Å². The van der Waals surface area contributed by atoms with E-state index >= 15 is 0 Å². The maximum Gasteiger partial charge on any atom is 0.228 e. The van der Waals surface area contributed by atoms with Gasteiger partial charge in [0.2, 0.25) is 11.9 Å². The summed E-state index contributed by atoms with van der Waals surface area (Å²) in [5.41, 5.74) is 1.02. The van der Waals surface area contributed by atoms with Crippen LogP contribution in [0, 0.1) is 6.92 Å². The van der Waals surface area contributed by atoms with Crippen molar-refractivity contribution in [2.45, 2.75) is 25.7 Å². The fourth-order valence-electron chi connectivity index (χ4n) is 3.20. The zero-order valence-corrected chi connectivity index (χ0v) is 14.6. The highest BCUT2D eigenvalue weighted by Crippen LogP contribution is 2.28. The molecule has 132 valence electrons. The fourth-order valence-corrected chi connectivity index (χ4v) is 3.20. The van der Waals surface area contributed by atoms with Gasteiger partial charge in [-0.15, -0.1) is 0 Å². The first-order chi connectivity index (χ1) is 12.8. The highest BCUT2D eigenvalue weighted by Gasteiger charge is 2.24. The van der Waals surface area contributed by atoms with Crippen molar-refractivity contribution in [3.8, 4) is 0 Å². The Morgan fingerprint density at radius 1 is 1.00 bits per heavy atom. The van der Waals surface area contributed by atoms with Gasteiger partial charge in [0.1, 0.15) is 11.6 Å². The van der Waals surface area contributed by atoms with E-state index in [-0.39, 0.29) is 0 Å². The predicted octanol–water partition coefficient (Wildman–Crippen LogP) is 2.49. The second-order valence-corrected chi connectivity index (χ2v) is 6.26. The molecule has 0 amide bonds. The van der Waals surface area contributed by atoms with E-state index in [1.54, 1.807) is 30.9 Å². The van der Waals surface area contributed by atoms with Gasteiger partial charge in [-0.25, -0.2) is 29.9 Å². The van der Waals surface area contributed by atoms with Crippen LogP contribution in [0.3, 0.4) is 0 Å². The summed E-state index contributed by atoms with van der Waals surface area (Å²) in [5, 5.41) is 3.16. The van der Waals surface area contributed by atoms with E-state index in [1.807, 2.05) is 19.1 Å². The van der Waals surface area contributed by atoms with Crippen molar-refractivity contribution in [3.63, 3.8) is 0 Å². The molecule has 4 heterocycles. The largest absolute Gasteiger partial charge is 0.340 e. The summed E-state index contributed by atoms with van der Waals surface area (Å²) < 4.78 is 0. The first-order valence-electron chi connectivity index (χ1n) is 8.69. The number of anilines is 3. The summed E-state index contributed by atoms with van der Waals surface area (Å²) in [7, 11) is 0. The van der Waals surface area contributed by atoms with Gasteiger partial charge < -0.3 is 10.2 Å². The third kappa shape index (κ3) is 3.74. The Balaban J connectivity index is 1.55. The molecule has 3 aromatic rings. The van der Waals surface area contributed by atoms with E-state index in [0.29, 0.717) is 17.7 Å². The van der Waals surface area contributed by atoms with Crippen LogP contribution in [0.5, 0.6) is 0 Å². The van der Waals surface area contributed by atoms with Gasteiger partial charge in [0.15, 0.2) is 0 Å². The van der Waals surface area contributed by atoms with Crippen molar-refractivity contribution < 1.29 is 0 Å². The van der Waals surface area contributed by atoms with E-state index in [4.69, 9.17) is 0 Å². The average Bonchev–Trinajstić information content (AvgIpc) is 2.69. The van der Waals surface area contributed by atoms with Crippen LogP contribution < -0.4 is 10.2 Å². The summed E-state index contributed by atoms with van der Waals surface area (Å²) in [6.45, 7) is 3.72. The minimum atomic E-state index is 0.312. The van der Waals surface area contributed by atoms with Crippen LogP contribution in [0.1, 0.15) is 30.3 Å². The Bertz CT molecular complexity index is 856. The zero-order chi connectivity index (χ0) is 17.8. The Hall–Kier alpha value is -3.16. The van der Waals surface area contributed by atoms with Crippen molar-refractivity contribution in [2.75, 3.05) is 23.3 Å². The van der Waals surface area contributed by atoms with Crippen LogP contribution in [0.25, 0.3) is 0 Å². The first-order valence-corrected chi connectivity index (χ1v) is 8.69. The molecule has 0 saturated carbocycles. The Labute approximate surface area is 151 Å². The molecule has 3 aromatic heterocycles. The van der Waals surface area contributed by atoms with Crippen LogP contribution in [0.15, 0.2) is 43.0 Å². The molecule has 0 aliphatic carbocycles. The number of aromatic nitrogens is 6. The SMILES string of the molecule is Cc1nc(Nc2ncccn2)cc([C@H]2CCCN(c3ncccn3)C2)n1. The van der Waals surface area contributed by atoms with Gasteiger partial charge in [0.25, 0.3) is 0 Å². The van der Waals surface area contributed by atoms with Gasteiger partial charge in [0, 0.05) is 49.9 Å². The highest BCUT2D eigenvalue weighted by molar-refractivity contribution is 5.48. The Morgan fingerprint density at radius 2 is 1.73 bits per heavy atom. The lowest BCUT2D eigenvalue weighted by Gasteiger charge is -2.32. The van der Waals surface area contributed by atoms with Crippen molar-refractivity contribution in [3.05, 3.63) is 54.5 Å². The third-order valence-corrected chi connectivity index (χ3v) is 4.34. The maximum absolute atomic E-state index is 4.67.